The van der Waals surface area contributed by atoms with Crippen LogP contribution in [0.15, 0.2) is 77.0 Å². The maximum atomic E-state index is 12.8. The van der Waals surface area contributed by atoms with Crippen molar-refractivity contribution in [3.05, 3.63) is 89.5 Å². The first-order valence-electron chi connectivity index (χ1n) is 9.71. The Hall–Kier alpha value is -4.00. The Labute approximate surface area is 180 Å². The van der Waals surface area contributed by atoms with Crippen LogP contribution in [-0.2, 0) is 11.2 Å². The van der Waals surface area contributed by atoms with E-state index in [0.717, 1.165) is 5.56 Å². The zero-order valence-corrected chi connectivity index (χ0v) is 17.4. The molecule has 7 nitrogen and oxygen atoms in total. The van der Waals surface area contributed by atoms with E-state index in [1.54, 1.807) is 56.7 Å². The number of nitrogens with one attached hydrogen (secondary N) is 2. The summed E-state index contributed by atoms with van der Waals surface area (Å²) in [6, 6.07) is 17.6. The molecule has 0 atom stereocenters. The summed E-state index contributed by atoms with van der Waals surface area (Å²) < 4.78 is 15.9. The minimum Gasteiger partial charge on any atom is -0.497 e. The van der Waals surface area contributed by atoms with Gasteiger partial charge in [0.15, 0.2) is 0 Å². The van der Waals surface area contributed by atoms with E-state index in [-0.39, 0.29) is 11.6 Å². The summed E-state index contributed by atoms with van der Waals surface area (Å²) in [5, 5.41) is 5.50. The predicted molar refractivity (Wildman–Crippen MR) is 117 cm³/mol. The monoisotopic (exact) mass is 420 g/mol. The number of furan rings is 1. The quantitative estimate of drug-likeness (QED) is 0.518. The third-order valence-electron chi connectivity index (χ3n) is 4.53. The number of rotatable bonds is 9. The second-order valence-electron chi connectivity index (χ2n) is 6.58. The van der Waals surface area contributed by atoms with Crippen LogP contribution < -0.4 is 20.1 Å². The van der Waals surface area contributed by atoms with E-state index >= 15 is 0 Å². The first-order valence-corrected chi connectivity index (χ1v) is 9.71. The molecule has 1 aromatic heterocycles. The first-order chi connectivity index (χ1) is 15.1. The molecule has 7 heteroatoms. The number of ether oxygens (including phenoxy) is 2. The van der Waals surface area contributed by atoms with Crippen LogP contribution in [0.2, 0.25) is 0 Å². The summed E-state index contributed by atoms with van der Waals surface area (Å²) in [5.74, 6) is 1.02. The molecule has 0 saturated carbocycles. The molecule has 0 bridgehead atoms. The molecule has 0 saturated heterocycles. The molecule has 0 spiro atoms. The molecule has 1 heterocycles. The number of carbonyl (C=O) groups excluding carboxylic acids is 2. The summed E-state index contributed by atoms with van der Waals surface area (Å²) in [6.07, 6.45) is 3.53. The molecule has 0 aliphatic heterocycles. The van der Waals surface area contributed by atoms with E-state index < -0.39 is 5.91 Å². The molecule has 0 fully saturated rings. The zero-order valence-electron chi connectivity index (χ0n) is 17.4. The summed E-state index contributed by atoms with van der Waals surface area (Å²) in [5.41, 5.74) is 1.46. The van der Waals surface area contributed by atoms with Gasteiger partial charge in [0.2, 0.25) is 0 Å². The van der Waals surface area contributed by atoms with Crippen molar-refractivity contribution >= 4 is 17.9 Å². The average Bonchev–Trinajstić information content (AvgIpc) is 3.32. The van der Waals surface area contributed by atoms with Gasteiger partial charge in [0.05, 0.1) is 20.5 Å². The van der Waals surface area contributed by atoms with Gasteiger partial charge in [-0.3, -0.25) is 9.59 Å². The van der Waals surface area contributed by atoms with Crippen molar-refractivity contribution in [3.63, 3.8) is 0 Å². The molecule has 160 valence electrons. The van der Waals surface area contributed by atoms with E-state index in [4.69, 9.17) is 13.9 Å². The number of hydrogen-bond donors (Lipinski definition) is 2. The van der Waals surface area contributed by atoms with Crippen molar-refractivity contribution in [2.45, 2.75) is 6.42 Å². The van der Waals surface area contributed by atoms with Gasteiger partial charge in [-0.1, -0.05) is 24.3 Å². The Bertz CT molecular complexity index is 1040. The fourth-order valence-corrected chi connectivity index (χ4v) is 2.92. The number of methoxy groups -OCH3 is 2. The number of carbonyl (C=O) groups is 2. The highest BCUT2D eigenvalue weighted by Crippen LogP contribution is 2.24. The van der Waals surface area contributed by atoms with Crippen LogP contribution in [-0.4, -0.2) is 32.6 Å². The normalized spacial score (nSPS) is 11.0. The van der Waals surface area contributed by atoms with Gasteiger partial charge in [-0.15, -0.1) is 0 Å². The molecule has 0 unspecified atom stereocenters. The lowest BCUT2D eigenvalue weighted by molar-refractivity contribution is -0.117. The van der Waals surface area contributed by atoms with Gasteiger partial charge in [-0.25, -0.2) is 0 Å². The fraction of sp³-hybridized carbons (Fsp3) is 0.167. The van der Waals surface area contributed by atoms with Crippen molar-refractivity contribution in [3.8, 4) is 11.5 Å². The third kappa shape index (κ3) is 5.99. The van der Waals surface area contributed by atoms with Crippen LogP contribution in [0.3, 0.4) is 0 Å². The minimum absolute atomic E-state index is 0.0884. The zero-order chi connectivity index (χ0) is 22.1. The van der Waals surface area contributed by atoms with E-state index in [2.05, 4.69) is 10.6 Å². The van der Waals surface area contributed by atoms with E-state index in [0.29, 0.717) is 35.8 Å². The maximum absolute atomic E-state index is 12.8. The Morgan fingerprint density at radius 1 is 1.00 bits per heavy atom. The van der Waals surface area contributed by atoms with Crippen LogP contribution >= 0.6 is 0 Å². The molecule has 2 aromatic carbocycles. The summed E-state index contributed by atoms with van der Waals surface area (Å²) in [6.45, 7) is 0.345. The molecule has 0 aliphatic rings. The minimum atomic E-state index is -0.423. The molecule has 2 amide bonds. The van der Waals surface area contributed by atoms with Gasteiger partial charge in [-0.05, 0) is 42.3 Å². The van der Waals surface area contributed by atoms with Crippen LogP contribution in [0.5, 0.6) is 11.5 Å². The van der Waals surface area contributed by atoms with Gasteiger partial charge < -0.3 is 24.5 Å². The van der Waals surface area contributed by atoms with Gasteiger partial charge in [0, 0.05) is 24.3 Å². The largest absolute Gasteiger partial charge is 0.497 e. The van der Waals surface area contributed by atoms with Crippen LogP contribution in [0.1, 0.15) is 21.7 Å². The Balaban J connectivity index is 1.68. The smallest absolute Gasteiger partial charge is 0.267 e. The van der Waals surface area contributed by atoms with Crippen molar-refractivity contribution in [2.75, 3.05) is 20.8 Å². The van der Waals surface area contributed by atoms with Crippen molar-refractivity contribution in [2.24, 2.45) is 0 Å². The van der Waals surface area contributed by atoms with Crippen LogP contribution in [0, 0.1) is 0 Å². The van der Waals surface area contributed by atoms with E-state index in [1.807, 2.05) is 18.2 Å². The van der Waals surface area contributed by atoms with Gasteiger partial charge in [0.25, 0.3) is 11.8 Å². The van der Waals surface area contributed by atoms with Gasteiger partial charge >= 0.3 is 0 Å². The number of benzene rings is 2. The highest BCUT2D eigenvalue weighted by atomic mass is 16.5. The molecule has 0 radical (unpaired) electrons. The predicted octanol–water partition coefficient (Wildman–Crippen LogP) is 3.43. The Kier molecular flexibility index (Phi) is 7.48. The Morgan fingerprint density at radius 3 is 2.48 bits per heavy atom. The molecule has 31 heavy (non-hydrogen) atoms. The second kappa shape index (κ2) is 10.7. The summed E-state index contributed by atoms with van der Waals surface area (Å²) in [4.78, 5) is 25.3. The average molecular weight is 420 g/mol. The van der Waals surface area contributed by atoms with Crippen molar-refractivity contribution in [1.82, 2.24) is 10.6 Å². The SMILES string of the molecule is COc1ccc(CCNC(=O)/C(=C/c2ccco2)NC(=O)c2ccccc2)c(OC)c1. The standard InChI is InChI=1S/C24H24N2O5/c1-29-19-11-10-17(22(16-19)30-2)12-13-25-24(28)21(15-20-9-6-14-31-20)26-23(27)18-7-4-3-5-8-18/h3-11,14-16H,12-13H2,1-2H3,(H,25,28)(H,26,27)/b21-15-. The molecule has 0 aliphatic carbocycles. The van der Waals surface area contributed by atoms with Gasteiger partial charge in [0.1, 0.15) is 23.0 Å². The number of amides is 2. The topological polar surface area (TPSA) is 89.8 Å². The van der Waals surface area contributed by atoms with Crippen molar-refractivity contribution in [1.29, 1.82) is 0 Å². The van der Waals surface area contributed by atoms with Crippen LogP contribution in [0.4, 0.5) is 0 Å². The second-order valence-corrected chi connectivity index (χ2v) is 6.58. The lowest BCUT2D eigenvalue weighted by atomic mass is 10.1. The summed E-state index contributed by atoms with van der Waals surface area (Å²) in [7, 11) is 3.17. The molecular formula is C24H24N2O5. The lowest BCUT2D eigenvalue weighted by Gasteiger charge is -2.13. The van der Waals surface area contributed by atoms with Crippen LogP contribution in [0.25, 0.3) is 6.08 Å². The molecule has 3 rings (SSSR count). The molecular weight excluding hydrogens is 396 g/mol. The highest BCUT2D eigenvalue weighted by molar-refractivity contribution is 6.05. The first kappa shape index (κ1) is 21.7. The Morgan fingerprint density at radius 2 is 1.81 bits per heavy atom. The maximum Gasteiger partial charge on any atom is 0.267 e. The van der Waals surface area contributed by atoms with E-state index in [1.165, 1.54) is 12.3 Å². The van der Waals surface area contributed by atoms with E-state index in [9.17, 15) is 9.59 Å². The van der Waals surface area contributed by atoms with Gasteiger partial charge in [-0.2, -0.15) is 0 Å². The summed E-state index contributed by atoms with van der Waals surface area (Å²) >= 11 is 0. The molecule has 2 N–H and O–H groups in total. The van der Waals surface area contributed by atoms with Crippen molar-refractivity contribution < 1.29 is 23.5 Å². The number of hydrogen-bond acceptors (Lipinski definition) is 5. The fourth-order valence-electron chi connectivity index (χ4n) is 2.92. The third-order valence-corrected chi connectivity index (χ3v) is 4.53. The highest BCUT2D eigenvalue weighted by Gasteiger charge is 2.15. The lowest BCUT2D eigenvalue weighted by Crippen LogP contribution is -2.35. The molecule has 3 aromatic rings.